The van der Waals surface area contributed by atoms with Crippen LogP contribution >= 0.6 is 0 Å². The molecule has 16 heavy (non-hydrogen) atoms. The van der Waals surface area contributed by atoms with Crippen LogP contribution in [0.5, 0.6) is 0 Å². The zero-order valence-corrected chi connectivity index (χ0v) is 9.78. The molecule has 0 aliphatic rings. The van der Waals surface area contributed by atoms with E-state index in [0.29, 0.717) is 5.69 Å². The molecule has 0 unspecified atom stereocenters. The molecule has 1 aromatic carbocycles. The molecule has 0 fully saturated rings. The fourth-order valence-corrected chi connectivity index (χ4v) is 1.11. The predicted molar refractivity (Wildman–Crippen MR) is 65.3 cm³/mol. The molecule has 2 N–H and O–H groups in total. The van der Waals surface area contributed by atoms with Crippen LogP contribution in [-0.4, -0.2) is 24.2 Å². The molecule has 0 saturated heterocycles. The molecular formula is C11H16BNO3. The molecule has 0 radical (unpaired) electrons. The summed E-state index contributed by atoms with van der Waals surface area (Å²) in [5, 5.41) is 11.5. The highest BCUT2D eigenvalue weighted by molar-refractivity contribution is 6.45. The molecule has 4 nitrogen and oxygen atoms in total. The minimum atomic E-state index is -0.505. The summed E-state index contributed by atoms with van der Waals surface area (Å²) in [5.74, 6) is 0. The Morgan fingerprint density at radius 1 is 1.31 bits per heavy atom. The zero-order valence-electron chi connectivity index (χ0n) is 9.78. The van der Waals surface area contributed by atoms with E-state index in [1.165, 1.54) is 0 Å². The van der Waals surface area contributed by atoms with Crippen LogP contribution in [0.2, 0.25) is 0 Å². The average molecular weight is 221 g/mol. The van der Waals surface area contributed by atoms with Gasteiger partial charge in [-0.15, -0.1) is 0 Å². The van der Waals surface area contributed by atoms with E-state index in [4.69, 9.17) is 9.76 Å². The van der Waals surface area contributed by atoms with Crippen molar-refractivity contribution in [3.63, 3.8) is 0 Å². The minimum Gasteiger partial charge on any atom is -0.449 e. The van der Waals surface area contributed by atoms with E-state index in [-0.39, 0.29) is 7.48 Å². The molecule has 0 aliphatic heterocycles. The number of carbonyl (C=O) groups is 1. The van der Waals surface area contributed by atoms with Gasteiger partial charge in [0.15, 0.2) is 0 Å². The van der Waals surface area contributed by atoms with Gasteiger partial charge in [0.25, 0.3) is 0 Å². The van der Waals surface area contributed by atoms with Crippen LogP contribution in [0.4, 0.5) is 10.5 Å². The summed E-state index contributed by atoms with van der Waals surface area (Å²) >= 11 is 0. The molecule has 0 bridgehead atoms. The van der Waals surface area contributed by atoms with Crippen LogP contribution in [0.1, 0.15) is 20.8 Å². The first-order chi connectivity index (χ1) is 7.40. The molecule has 5 heteroatoms. The van der Waals surface area contributed by atoms with E-state index in [0.717, 1.165) is 5.46 Å². The highest BCUT2D eigenvalue weighted by atomic mass is 16.6. The van der Waals surface area contributed by atoms with Crippen LogP contribution in [0.15, 0.2) is 24.3 Å². The third-order valence-corrected chi connectivity index (χ3v) is 1.78. The van der Waals surface area contributed by atoms with E-state index in [9.17, 15) is 4.79 Å². The van der Waals surface area contributed by atoms with Crippen molar-refractivity contribution in [1.29, 1.82) is 0 Å². The van der Waals surface area contributed by atoms with Gasteiger partial charge >= 0.3 is 13.6 Å². The summed E-state index contributed by atoms with van der Waals surface area (Å²) in [6, 6.07) is 6.92. The molecule has 0 atom stereocenters. The third-order valence-electron chi connectivity index (χ3n) is 1.78. The Bertz CT molecular complexity index is 356. The molecule has 0 spiro atoms. The monoisotopic (exact) mass is 221 g/mol. The fraction of sp³-hybridized carbons (Fsp3) is 0.364. The number of ether oxygens (including phenoxy) is 1. The van der Waals surface area contributed by atoms with Crippen molar-refractivity contribution in [2.24, 2.45) is 0 Å². The van der Waals surface area contributed by atoms with Crippen LogP contribution < -0.4 is 10.8 Å². The lowest BCUT2D eigenvalue weighted by Crippen LogP contribution is -2.27. The summed E-state index contributed by atoms with van der Waals surface area (Å²) in [5.41, 5.74) is 0.941. The van der Waals surface area contributed by atoms with Crippen LogP contribution in [0.3, 0.4) is 0 Å². The zero-order chi connectivity index (χ0) is 12.2. The van der Waals surface area contributed by atoms with Crippen molar-refractivity contribution in [1.82, 2.24) is 0 Å². The van der Waals surface area contributed by atoms with E-state index >= 15 is 0 Å². The SMILES string of the molecule is CC(C)(C)OC(=O)Nc1ccc(BO)cc1. The summed E-state index contributed by atoms with van der Waals surface area (Å²) in [6.07, 6.45) is -0.482. The Balaban J connectivity index is 2.56. The molecule has 1 aromatic rings. The number of nitrogens with one attached hydrogen (secondary N) is 1. The van der Waals surface area contributed by atoms with Crippen LogP contribution in [0.25, 0.3) is 0 Å². The van der Waals surface area contributed by atoms with Crippen molar-refractivity contribution < 1.29 is 14.6 Å². The van der Waals surface area contributed by atoms with Crippen molar-refractivity contribution in [3.8, 4) is 0 Å². The lowest BCUT2D eigenvalue weighted by molar-refractivity contribution is 0.0636. The normalized spacial score (nSPS) is 10.8. The Hall–Kier alpha value is -1.49. The number of hydrogen-bond donors (Lipinski definition) is 2. The Kier molecular flexibility index (Phi) is 3.96. The molecule has 0 saturated carbocycles. The minimum absolute atomic E-state index is 0.00722. The van der Waals surface area contributed by atoms with Gasteiger partial charge in [-0.05, 0) is 32.9 Å². The standard InChI is InChI=1S/C11H16BNO3/c1-11(2,3)16-10(14)13-9-6-4-8(12-15)5-7-9/h4-7,12,15H,1-3H3,(H,13,14). The smallest absolute Gasteiger partial charge is 0.412 e. The van der Waals surface area contributed by atoms with Gasteiger partial charge in [-0.25, -0.2) is 4.79 Å². The van der Waals surface area contributed by atoms with Crippen LogP contribution in [0, 0.1) is 0 Å². The number of amides is 1. The fourth-order valence-electron chi connectivity index (χ4n) is 1.11. The summed E-state index contributed by atoms with van der Waals surface area (Å²) in [4.78, 5) is 11.4. The lowest BCUT2D eigenvalue weighted by atomic mass is 9.89. The summed E-state index contributed by atoms with van der Waals surface area (Å²) in [7, 11) is -0.00722. The van der Waals surface area contributed by atoms with Crippen LogP contribution in [-0.2, 0) is 4.74 Å². The first-order valence-electron chi connectivity index (χ1n) is 5.10. The van der Waals surface area contributed by atoms with Crippen molar-refractivity contribution in [2.75, 3.05) is 5.32 Å². The Morgan fingerprint density at radius 2 is 1.88 bits per heavy atom. The van der Waals surface area contributed by atoms with E-state index in [1.807, 2.05) is 0 Å². The first kappa shape index (κ1) is 12.6. The highest BCUT2D eigenvalue weighted by Gasteiger charge is 2.15. The number of benzene rings is 1. The van der Waals surface area contributed by atoms with Crippen molar-refractivity contribution in [3.05, 3.63) is 24.3 Å². The maximum absolute atomic E-state index is 11.4. The third kappa shape index (κ3) is 4.36. The summed E-state index contributed by atoms with van der Waals surface area (Å²) < 4.78 is 5.10. The van der Waals surface area contributed by atoms with E-state index in [2.05, 4.69) is 5.32 Å². The Labute approximate surface area is 95.9 Å². The molecule has 0 aliphatic carbocycles. The van der Waals surface area contributed by atoms with Gasteiger partial charge in [-0.3, -0.25) is 5.32 Å². The number of anilines is 1. The molecular weight excluding hydrogens is 205 g/mol. The molecule has 1 rings (SSSR count). The predicted octanol–water partition coefficient (Wildman–Crippen LogP) is 1.00. The van der Waals surface area contributed by atoms with Crippen molar-refractivity contribution in [2.45, 2.75) is 26.4 Å². The van der Waals surface area contributed by atoms with Gasteiger partial charge in [-0.2, -0.15) is 0 Å². The molecule has 1 amide bonds. The van der Waals surface area contributed by atoms with Gasteiger partial charge < -0.3 is 9.76 Å². The lowest BCUT2D eigenvalue weighted by Gasteiger charge is -2.19. The van der Waals surface area contributed by atoms with Crippen molar-refractivity contribution >= 4 is 24.7 Å². The second-order valence-electron chi connectivity index (χ2n) is 4.48. The maximum Gasteiger partial charge on any atom is 0.412 e. The molecule has 0 heterocycles. The molecule has 0 aromatic heterocycles. The summed E-state index contributed by atoms with van der Waals surface area (Å²) in [6.45, 7) is 5.42. The van der Waals surface area contributed by atoms with Gasteiger partial charge in [0.2, 0.25) is 0 Å². The van der Waals surface area contributed by atoms with Gasteiger partial charge in [0.1, 0.15) is 5.60 Å². The number of carbonyl (C=O) groups excluding carboxylic acids is 1. The molecule has 86 valence electrons. The van der Waals surface area contributed by atoms with E-state index in [1.54, 1.807) is 45.0 Å². The second kappa shape index (κ2) is 5.03. The second-order valence-corrected chi connectivity index (χ2v) is 4.48. The number of rotatable bonds is 2. The first-order valence-corrected chi connectivity index (χ1v) is 5.10. The van der Waals surface area contributed by atoms with Gasteiger partial charge in [0, 0.05) is 5.69 Å². The highest BCUT2D eigenvalue weighted by Crippen LogP contribution is 2.10. The van der Waals surface area contributed by atoms with Gasteiger partial charge in [-0.1, -0.05) is 17.6 Å². The quantitative estimate of drug-likeness (QED) is 0.732. The topological polar surface area (TPSA) is 58.6 Å². The number of hydrogen-bond acceptors (Lipinski definition) is 3. The van der Waals surface area contributed by atoms with Gasteiger partial charge in [0.05, 0.1) is 0 Å². The largest absolute Gasteiger partial charge is 0.449 e. The average Bonchev–Trinajstić information content (AvgIpc) is 2.16. The Morgan fingerprint density at radius 3 is 2.31 bits per heavy atom. The van der Waals surface area contributed by atoms with E-state index < -0.39 is 11.7 Å². The maximum atomic E-state index is 11.4.